The number of nitrogens with zero attached hydrogens (tertiary/aromatic N) is 5. The van der Waals surface area contributed by atoms with Crippen LogP contribution in [0.25, 0.3) is 45.0 Å². The number of pyridine rings is 2. The molecule has 0 amide bonds. The van der Waals surface area contributed by atoms with Crippen LogP contribution in [0.4, 0.5) is 17.6 Å². The molecule has 1 N–H and O–H groups in total. The van der Waals surface area contributed by atoms with Gasteiger partial charge in [-0.3, -0.25) is 9.97 Å². The quantitative estimate of drug-likeness (QED) is 0.150. The number of halogens is 4. The van der Waals surface area contributed by atoms with Gasteiger partial charge in [-0.1, -0.05) is 72.8 Å². The fraction of sp³-hybridized carbons (Fsp3) is 0.0732. The van der Waals surface area contributed by atoms with Gasteiger partial charge in [-0.15, -0.1) is 0 Å². The Kier molecular flexibility index (Phi) is 11.4. The fourth-order valence-corrected chi connectivity index (χ4v) is 7.31. The van der Waals surface area contributed by atoms with Crippen molar-refractivity contribution in [1.29, 1.82) is 5.26 Å². The van der Waals surface area contributed by atoms with E-state index < -0.39 is 31.7 Å². The van der Waals surface area contributed by atoms with Crippen molar-refractivity contribution in [2.45, 2.75) is 22.9 Å². The molecule has 3 heterocycles. The summed E-state index contributed by atoms with van der Waals surface area (Å²) in [7, 11) is -7.44. The van der Waals surface area contributed by atoms with E-state index in [2.05, 4.69) is 25.9 Å². The first-order chi connectivity index (χ1) is 27.0. The van der Waals surface area contributed by atoms with Crippen LogP contribution in [-0.4, -0.2) is 42.7 Å². The van der Waals surface area contributed by atoms with Gasteiger partial charge in [-0.2, -0.15) is 26.9 Å². The van der Waals surface area contributed by atoms with E-state index in [0.29, 0.717) is 44.4 Å². The van der Waals surface area contributed by atoms with Crippen LogP contribution in [0.3, 0.4) is 0 Å². The van der Waals surface area contributed by atoms with E-state index in [1.165, 1.54) is 60.8 Å². The lowest BCUT2D eigenvalue weighted by atomic mass is 9.90. The van der Waals surface area contributed by atoms with Crippen LogP contribution >= 0.6 is 0 Å². The summed E-state index contributed by atoms with van der Waals surface area (Å²) in [4.78, 5) is 14.3. The van der Waals surface area contributed by atoms with Crippen LogP contribution in [0.5, 0.6) is 0 Å². The van der Waals surface area contributed by atoms with Gasteiger partial charge < -0.3 is 0 Å². The van der Waals surface area contributed by atoms with Crippen molar-refractivity contribution in [1.82, 2.24) is 19.6 Å². The van der Waals surface area contributed by atoms with E-state index in [0.717, 1.165) is 17.4 Å². The first-order valence-corrected chi connectivity index (χ1v) is 20.1. The number of hydrogen-bond donors (Lipinski definition) is 1. The van der Waals surface area contributed by atoms with Crippen LogP contribution in [0, 0.1) is 24.1 Å². The number of nitriles is 1. The molecule has 57 heavy (non-hydrogen) atoms. The predicted molar refractivity (Wildman–Crippen MR) is 207 cm³/mol. The van der Waals surface area contributed by atoms with Crippen molar-refractivity contribution in [3.63, 3.8) is 0 Å². The highest BCUT2D eigenvalue weighted by Gasteiger charge is 2.36. The Hall–Kier alpha value is -6.70. The SMILES string of the molecule is CS(=O)(=O)c1ccc(-c2cnc(-c3ccccc3)c(C#N)c2-c2ccc(F)cc2)cc1.Cc1ccnc(-c2nc(C(F)(F)F)cn2NS(=O)(=O)c2ccccc2)c1. The number of aryl methyl sites for hydroxylation is 1. The molecule has 0 bridgehead atoms. The normalized spacial score (nSPS) is 11.6. The second kappa shape index (κ2) is 16.2. The first kappa shape index (κ1) is 40.0. The average molecular weight is 811 g/mol. The minimum absolute atomic E-state index is 0.0922. The molecule has 7 aromatic rings. The largest absolute Gasteiger partial charge is 0.434 e. The number of benzene rings is 4. The van der Waals surface area contributed by atoms with Gasteiger partial charge in [0.15, 0.2) is 21.4 Å². The lowest BCUT2D eigenvalue weighted by Crippen LogP contribution is -2.23. The van der Waals surface area contributed by atoms with E-state index >= 15 is 0 Å². The molecule has 0 atom stereocenters. The summed E-state index contributed by atoms with van der Waals surface area (Å²) >= 11 is 0. The van der Waals surface area contributed by atoms with Crippen LogP contribution in [-0.2, 0) is 26.0 Å². The maximum atomic E-state index is 13.6. The minimum Gasteiger partial charge on any atom is -0.254 e. The van der Waals surface area contributed by atoms with Crippen LogP contribution < -0.4 is 4.83 Å². The van der Waals surface area contributed by atoms with Crippen molar-refractivity contribution in [2.75, 3.05) is 11.1 Å². The van der Waals surface area contributed by atoms with Crippen LogP contribution in [0.15, 0.2) is 150 Å². The molecule has 0 aliphatic rings. The van der Waals surface area contributed by atoms with E-state index in [1.807, 2.05) is 30.3 Å². The van der Waals surface area contributed by atoms with Gasteiger partial charge in [0.2, 0.25) is 0 Å². The number of aromatic nitrogens is 4. The maximum Gasteiger partial charge on any atom is 0.434 e. The van der Waals surface area contributed by atoms with E-state index in [-0.39, 0.29) is 27.1 Å². The zero-order valence-electron chi connectivity index (χ0n) is 30.0. The Morgan fingerprint density at radius 1 is 0.754 bits per heavy atom. The molecule has 0 fully saturated rings. The molecular formula is C41H30F4N6O4S2. The average Bonchev–Trinajstić information content (AvgIpc) is 3.62. The highest BCUT2D eigenvalue weighted by molar-refractivity contribution is 7.92. The third-order valence-corrected chi connectivity index (χ3v) is 10.8. The highest BCUT2D eigenvalue weighted by atomic mass is 32.2. The Labute approximate surface area is 325 Å². The molecule has 0 unspecified atom stereocenters. The molecule has 0 radical (unpaired) electrons. The van der Waals surface area contributed by atoms with Crippen molar-refractivity contribution in [2.24, 2.45) is 0 Å². The molecule has 3 aromatic heterocycles. The van der Waals surface area contributed by atoms with Crippen molar-refractivity contribution in [3.05, 3.63) is 163 Å². The van der Waals surface area contributed by atoms with Gasteiger partial charge in [0, 0.05) is 35.3 Å². The van der Waals surface area contributed by atoms with Crippen LogP contribution in [0.1, 0.15) is 16.8 Å². The third kappa shape index (κ3) is 9.23. The number of alkyl halides is 3. The summed E-state index contributed by atoms with van der Waals surface area (Å²) in [5.41, 5.74) is 3.94. The number of imidazole rings is 1. The predicted octanol–water partition coefficient (Wildman–Crippen LogP) is 8.70. The Morgan fingerprint density at radius 2 is 1.37 bits per heavy atom. The number of rotatable bonds is 8. The number of nitrogens with one attached hydrogen (secondary N) is 1. The zero-order valence-corrected chi connectivity index (χ0v) is 31.6. The fourth-order valence-electron chi connectivity index (χ4n) is 5.66. The topological polar surface area (TPSA) is 148 Å². The van der Waals surface area contributed by atoms with E-state index in [4.69, 9.17) is 0 Å². The first-order valence-electron chi connectivity index (χ1n) is 16.8. The second-order valence-corrected chi connectivity index (χ2v) is 16.2. The molecule has 0 saturated carbocycles. The van der Waals surface area contributed by atoms with Gasteiger partial charge in [0.1, 0.15) is 17.6 Å². The Balaban J connectivity index is 0.000000196. The Morgan fingerprint density at radius 3 is 1.95 bits per heavy atom. The highest BCUT2D eigenvalue weighted by Crippen LogP contribution is 2.39. The van der Waals surface area contributed by atoms with Crippen molar-refractivity contribution >= 4 is 19.9 Å². The third-order valence-electron chi connectivity index (χ3n) is 8.38. The smallest absolute Gasteiger partial charge is 0.254 e. The second-order valence-electron chi connectivity index (χ2n) is 12.5. The van der Waals surface area contributed by atoms with Crippen LogP contribution in [0.2, 0.25) is 0 Å². The molecule has 16 heteroatoms. The molecular weight excluding hydrogens is 781 g/mol. The summed E-state index contributed by atoms with van der Waals surface area (Å²) in [6.45, 7) is 1.73. The number of hydrogen-bond acceptors (Lipinski definition) is 8. The maximum absolute atomic E-state index is 13.6. The minimum atomic E-state index is -4.73. The zero-order chi connectivity index (χ0) is 41.0. The molecule has 10 nitrogen and oxygen atoms in total. The molecule has 0 spiro atoms. The van der Waals surface area contributed by atoms with Gasteiger partial charge in [0.25, 0.3) is 10.0 Å². The van der Waals surface area contributed by atoms with Crippen molar-refractivity contribution in [3.8, 4) is 51.1 Å². The van der Waals surface area contributed by atoms with Gasteiger partial charge in [-0.25, -0.2) is 27.3 Å². The lowest BCUT2D eigenvalue weighted by Gasteiger charge is -2.15. The standard InChI is InChI=1S/C25H17FN2O2S.C16H13F3N4O2S/c1-31(29,30)21-13-9-17(10-14-21)23-16-28-25(19-5-3-2-4-6-19)22(15-27)24(23)18-7-11-20(26)12-8-18;1-11-7-8-20-13(9-11)15-21-14(16(17,18)19)10-23(15)22-26(24,25)12-5-3-2-4-6-12/h2-14,16H,1H3;2-10,22H,1H3. The molecule has 0 saturated heterocycles. The molecule has 4 aromatic carbocycles. The molecule has 288 valence electrons. The van der Waals surface area contributed by atoms with Crippen molar-refractivity contribution < 1.29 is 34.4 Å². The monoisotopic (exact) mass is 810 g/mol. The summed E-state index contributed by atoms with van der Waals surface area (Å²) in [5, 5.41) is 10.1. The van der Waals surface area contributed by atoms with Gasteiger partial charge in [-0.05, 0) is 72.1 Å². The molecule has 7 rings (SSSR count). The molecule has 0 aliphatic carbocycles. The summed E-state index contributed by atoms with van der Waals surface area (Å²) in [6.07, 6.45) is 0.0672. The number of sulfonamides is 1. The van der Waals surface area contributed by atoms with E-state index in [9.17, 15) is 39.7 Å². The molecule has 0 aliphatic heterocycles. The summed E-state index contributed by atoms with van der Waals surface area (Å²) < 4.78 is 102. The lowest BCUT2D eigenvalue weighted by molar-refractivity contribution is -0.140. The Bertz CT molecular complexity index is 2810. The summed E-state index contributed by atoms with van der Waals surface area (Å²) in [6, 6.07) is 34.4. The summed E-state index contributed by atoms with van der Waals surface area (Å²) in [5.74, 6) is -0.640. The van der Waals surface area contributed by atoms with E-state index in [1.54, 1.807) is 49.5 Å². The van der Waals surface area contributed by atoms with Gasteiger partial charge >= 0.3 is 6.18 Å². The number of sulfone groups is 1. The van der Waals surface area contributed by atoms with Gasteiger partial charge in [0.05, 0.1) is 27.2 Å².